The second kappa shape index (κ2) is 66.4. The predicted octanol–water partition coefficient (Wildman–Crippen LogP) is 15.6. The fourth-order valence-corrected chi connectivity index (χ4v) is 14.6. The lowest BCUT2D eigenvalue weighted by atomic mass is 9.96. The molecule has 105 heavy (non-hydrogen) atoms. The SMILES string of the molecule is CCCCCCCCCC/C=C\CCCCCCCCCCCCCCCCCCCCCC(=O)NC(COC1OC(CO)C(OC2OC(CO)C(OC3OC(CO)C(O)C(O)C3O)C(O)C2O)C(O)C1O)C(O)/C=C/CC/C=C/CC/C=C/CCCCCCCCCCCCCCCCCCCCC. The van der Waals surface area contributed by atoms with Gasteiger partial charge in [-0.1, -0.05) is 332 Å². The number of ether oxygens (including phenoxy) is 6. The average Bonchev–Trinajstić information content (AvgIpc) is 0.781. The molecule has 17 unspecified atom stereocenters. The maximum absolute atomic E-state index is 13.5. The van der Waals surface area contributed by atoms with Gasteiger partial charge in [-0.05, 0) is 70.6 Å². The predicted molar refractivity (Wildman–Crippen MR) is 420 cm³/mol. The summed E-state index contributed by atoms with van der Waals surface area (Å²) in [6, 6.07) is -0.998. The molecule has 0 aromatic carbocycles. The molecule has 12 N–H and O–H groups in total. The largest absolute Gasteiger partial charge is 0.394 e. The minimum absolute atomic E-state index is 0.235. The minimum Gasteiger partial charge on any atom is -0.394 e. The molecule has 0 bridgehead atoms. The number of unbranched alkanes of at least 4 members (excludes halogenated alkanes) is 48. The van der Waals surface area contributed by atoms with Crippen LogP contribution in [-0.2, 0) is 33.2 Å². The molecule has 1 amide bonds. The number of hydrogen-bond donors (Lipinski definition) is 12. The van der Waals surface area contributed by atoms with Crippen molar-refractivity contribution in [2.45, 2.75) is 465 Å². The van der Waals surface area contributed by atoms with E-state index in [1.54, 1.807) is 6.08 Å². The summed E-state index contributed by atoms with van der Waals surface area (Å²) in [5.41, 5.74) is 0. The summed E-state index contributed by atoms with van der Waals surface area (Å²) in [6.07, 6.45) is 58.4. The van der Waals surface area contributed by atoms with Gasteiger partial charge >= 0.3 is 0 Å². The summed E-state index contributed by atoms with van der Waals surface area (Å²) >= 11 is 0. The van der Waals surface area contributed by atoms with Gasteiger partial charge in [-0.2, -0.15) is 0 Å². The van der Waals surface area contributed by atoms with Gasteiger partial charge in [0.15, 0.2) is 18.9 Å². The number of carbonyl (C=O) groups is 1. The Morgan fingerprint density at radius 1 is 0.333 bits per heavy atom. The number of aliphatic hydroxyl groups is 11. The molecule has 3 aliphatic heterocycles. The van der Waals surface area contributed by atoms with Crippen LogP contribution in [0.5, 0.6) is 0 Å². The van der Waals surface area contributed by atoms with E-state index in [2.05, 4.69) is 55.6 Å². The second-order valence-corrected chi connectivity index (χ2v) is 31.0. The van der Waals surface area contributed by atoms with E-state index in [4.69, 9.17) is 28.4 Å². The van der Waals surface area contributed by atoms with Gasteiger partial charge in [-0.3, -0.25) is 4.79 Å². The van der Waals surface area contributed by atoms with Crippen LogP contribution >= 0.6 is 0 Å². The monoisotopic (exact) mass is 1490 g/mol. The van der Waals surface area contributed by atoms with Crippen LogP contribution in [0.4, 0.5) is 0 Å². The van der Waals surface area contributed by atoms with Crippen LogP contribution in [0.3, 0.4) is 0 Å². The van der Waals surface area contributed by atoms with Crippen LogP contribution < -0.4 is 5.32 Å². The molecular formula is C86H159NO18. The highest BCUT2D eigenvalue weighted by molar-refractivity contribution is 5.76. The lowest BCUT2D eigenvalue weighted by Crippen LogP contribution is -2.66. The van der Waals surface area contributed by atoms with E-state index in [0.29, 0.717) is 12.8 Å². The van der Waals surface area contributed by atoms with Crippen LogP contribution in [0, 0.1) is 0 Å². The maximum Gasteiger partial charge on any atom is 0.220 e. The number of aliphatic hydroxyl groups excluding tert-OH is 11. The normalized spacial score (nSPS) is 26.0. The number of allylic oxidation sites excluding steroid dienone is 7. The first-order valence-electron chi connectivity index (χ1n) is 43.4. The summed E-state index contributed by atoms with van der Waals surface area (Å²) in [4.78, 5) is 13.5. The van der Waals surface area contributed by atoms with E-state index < -0.39 is 124 Å². The van der Waals surface area contributed by atoms with Crippen LogP contribution in [0.2, 0.25) is 0 Å². The van der Waals surface area contributed by atoms with Gasteiger partial charge in [0.1, 0.15) is 73.2 Å². The Hall–Kier alpha value is -2.25. The van der Waals surface area contributed by atoms with Crippen molar-refractivity contribution in [1.29, 1.82) is 0 Å². The Balaban J connectivity index is 1.36. The van der Waals surface area contributed by atoms with E-state index in [0.717, 1.165) is 44.9 Å². The van der Waals surface area contributed by atoms with Gasteiger partial charge in [0.2, 0.25) is 5.91 Å². The molecule has 0 aromatic heterocycles. The number of amides is 1. The quantitative estimate of drug-likeness (QED) is 0.0199. The van der Waals surface area contributed by atoms with Gasteiger partial charge in [0.05, 0.1) is 38.6 Å². The molecule has 0 radical (unpaired) electrons. The molecule has 3 aliphatic rings. The molecule has 17 atom stereocenters. The molecule has 0 saturated carbocycles. The van der Waals surface area contributed by atoms with Crippen molar-refractivity contribution in [3.63, 3.8) is 0 Å². The lowest BCUT2D eigenvalue weighted by Gasteiger charge is -2.48. The summed E-state index contributed by atoms with van der Waals surface area (Å²) in [5.74, 6) is -0.283. The number of hydrogen-bond acceptors (Lipinski definition) is 18. The van der Waals surface area contributed by atoms with E-state index in [9.17, 15) is 61.0 Å². The van der Waals surface area contributed by atoms with Gasteiger partial charge in [0, 0.05) is 6.42 Å². The topological polar surface area (TPSA) is 307 Å². The summed E-state index contributed by atoms with van der Waals surface area (Å²) in [5, 5.41) is 121. The van der Waals surface area contributed by atoms with Crippen molar-refractivity contribution in [1.82, 2.24) is 5.32 Å². The van der Waals surface area contributed by atoms with Crippen molar-refractivity contribution in [2.24, 2.45) is 0 Å². The highest BCUT2D eigenvalue weighted by Gasteiger charge is 2.54. The first kappa shape index (κ1) is 96.9. The van der Waals surface area contributed by atoms with Gasteiger partial charge in [-0.15, -0.1) is 0 Å². The van der Waals surface area contributed by atoms with Crippen LogP contribution in [0.15, 0.2) is 48.6 Å². The van der Waals surface area contributed by atoms with Crippen LogP contribution in [0.25, 0.3) is 0 Å². The summed E-state index contributed by atoms with van der Waals surface area (Å²) < 4.78 is 34.5. The van der Waals surface area contributed by atoms with Gasteiger partial charge in [0.25, 0.3) is 0 Å². The maximum atomic E-state index is 13.5. The zero-order chi connectivity index (χ0) is 76.0. The molecule has 0 aliphatic carbocycles. The van der Waals surface area contributed by atoms with Crippen LogP contribution in [0.1, 0.15) is 361 Å². The van der Waals surface area contributed by atoms with E-state index in [1.165, 1.54) is 283 Å². The molecule has 3 fully saturated rings. The molecule has 0 spiro atoms. The third-order valence-corrected chi connectivity index (χ3v) is 21.6. The standard InChI is InChI=1S/C86H159NO18/c1-3-5-7-9-11-13-15-17-19-21-23-25-27-29-31-33-34-36-38-40-42-44-46-48-50-52-54-56-58-60-62-64-74(92)87-69(70(91)63-61-59-57-55-53-51-49-47-45-43-41-39-37-35-32-30-28-26-24-22-20-18-16-14-12-10-8-6-4-2)68-100-84-80(98)77(95)82(72(66-89)102-84)105-86-81(99)78(96)83(73(67-90)103-86)104-85-79(97)76(94)75(93)71(65-88)101-85/h21,23,45,47,53,55,61,63,69-73,75-86,88-91,93-99H,3-20,22,24-44,46,48-52,54,56-60,62,64-68H2,1-2H3,(H,87,92)/b23-21-,47-45+,55-53+,63-61+. The Morgan fingerprint density at radius 3 is 0.952 bits per heavy atom. The lowest BCUT2D eigenvalue weighted by molar-refractivity contribution is -0.379. The van der Waals surface area contributed by atoms with Crippen LogP contribution in [-0.4, -0.2) is 193 Å². The van der Waals surface area contributed by atoms with E-state index in [-0.39, 0.29) is 18.9 Å². The molecular weight excluding hydrogens is 1330 g/mol. The Labute approximate surface area is 637 Å². The molecule has 3 heterocycles. The van der Waals surface area contributed by atoms with Crippen molar-refractivity contribution in [3.8, 4) is 0 Å². The van der Waals surface area contributed by atoms with Crippen molar-refractivity contribution >= 4 is 5.91 Å². The smallest absolute Gasteiger partial charge is 0.220 e. The number of rotatable bonds is 70. The fraction of sp³-hybridized carbons (Fsp3) is 0.895. The van der Waals surface area contributed by atoms with Crippen molar-refractivity contribution in [2.75, 3.05) is 26.4 Å². The molecule has 19 heteroatoms. The van der Waals surface area contributed by atoms with E-state index >= 15 is 0 Å². The Morgan fingerprint density at radius 2 is 0.610 bits per heavy atom. The Bertz CT molecular complexity index is 2080. The van der Waals surface area contributed by atoms with Gasteiger partial charge < -0.3 is 89.9 Å². The van der Waals surface area contributed by atoms with E-state index in [1.807, 2.05) is 6.08 Å². The van der Waals surface area contributed by atoms with Crippen molar-refractivity contribution in [3.05, 3.63) is 48.6 Å². The summed E-state index contributed by atoms with van der Waals surface area (Å²) in [6.45, 7) is 1.77. The zero-order valence-corrected chi connectivity index (χ0v) is 66.2. The third kappa shape index (κ3) is 45.8. The van der Waals surface area contributed by atoms with Crippen molar-refractivity contribution < 1.29 is 89.4 Å². The first-order valence-corrected chi connectivity index (χ1v) is 43.4. The molecule has 616 valence electrons. The highest BCUT2D eigenvalue weighted by Crippen LogP contribution is 2.33. The molecule has 0 aromatic rings. The molecule has 19 nitrogen and oxygen atoms in total. The number of carbonyl (C=O) groups excluding carboxylic acids is 1. The zero-order valence-electron chi connectivity index (χ0n) is 66.2. The molecule has 3 saturated heterocycles. The van der Waals surface area contributed by atoms with Gasteiger partial charge in [-0.25, -0.2) is 0 Å². The number of nitrogens with one attached hydrogen (secondary N) is 1. The second-order valence-electron chi connectivity index (χ2n) is 31.0. The first-order chi connectivity index (χ1) is 51.3. The molecule has 3 rings (SSSR count). The summed E-state index contributed by atoms with van der Waals surface area (Å²) in [7, 11) is 0. The Kier molecular flexibility index (Phi) is 61.3. The minimum atomic E-state index is -1.98. The average molecular weight is 1500 g/mol. The fourth-order valence-electron chi connectivity index (χ4n) is 14.6. The highest BCUT2D eigenvalue weighted by atomic mass is 16.8. The third-order valence-electron chi connectivity index (χ3n) is 21.6.